The molecule has 1 aromatic carbocycles. The van der Waals surface area contributed by atoms with E-state index in [0.29, 0.717) is 11.8 Å². The lowest BCUT2D eigenvalue weighted by Crippen LogP contribution is -2.37. The van der Waals surface area contributed by atoms with E-state index < -0.39 is 17.0 Å². The Balaban J connectivity index is 1.70. The topological polar surface area (TPSA) is 64.7 Å². The molecule has 1 unspecified atom stereocenters. The van der Waals surface area contributed by atoms with Crippen LogP contribution in [0.15, 0.2) is 28.7 Å². The number of fused-ring (bicyclic) bond motifs is 5. The van der Waals surface area contributed by atoms with Gasteiger partial charge in [-0.1, -0.05) is 33.8 Å². The number of rotatable bonds is 3. The van der Waals surface area contributed by atoms with E-state index >= 15 is 0 Å². The Bertz CT molecular complexity index is 1100. The van der Waals surface area contributed by atoms with Gasteiger partial charge in [0.1, 0.15) is 11.6 Å². The molecule has 150 valence electrons. The third kappa shape index (κ3) is 2.24. The molecule has 0 radical (unpaired) electrons. The summed E-state index contributed by atoms with van der Waals surface area (Å²) in [6.07, 6.45) is 1.75. The number of hydrogen-bond acceptors (Lipinski definition) is 5. The third-order valence-electron chi connectivity index (χ3n) is 6.90. The Kier molecular flexibility index (Phi) is 3.73. The van der Waals surface area contributed by atoms with Crippen LogP contribution in [0.5, 0.6) is 0 Å². The van der Waals surface area contributed by atoms with Crippen LogP contribution >= 0.6 is 0 Å². The summed E-state index contributed by atoms with van der Waals surface area (Å²) in [6.45, 7) is 8.37. The zero-order valence-electron chi connectivity index (χ0n) is 16.8. The van der Waals surface area contributed by atoms with Crippen molar-refractivity contribution in [1.82, 2.24) is 20.4 Å². The van der Waals surface area contributed by atoms with Crippen LogP contribution in [0.4, 0.5) is 8.78 Å². The molecule has 1 saturated carbocycles. The highest BCUT2D eigenvalue weighted by atomic mass is 19.1. The molecule has 2 aromatic heterocycles. The molecule has 0 amide bonds. The maximum Gasteiger partial charge on any atom is 0.229 e. The Hall–Kier alpha value is -2.70. The molecule has 5 rings (SSSR count). The minimum Gasteiger partial charge on any atom is -0.424 e. The summed E-state index contributed by atoms with van der Waals surface area (Å²) in [6, 6.07) is 5.60. The van der Waals surface area contributed by atoms with Gasteiger partial charge in [-0.2, -0.15) is 5.10 Å². The van der Waals surface area contributed by atoms with Crippen LogP contribution in [0.2, 0.25) is 0 Å². The highest BCUT2D eigenvalue weighted by molar-refractivity contribution is 5.63. The van der Waals surface area contributed by atoms with Gasteiger partial charge >= 0.3 is 0 Å². The van der Waals surface area contributed by atoms with Crippen LogP contribution < -0.4 is 0 Å². The lowest BCUT2D eigenvalue weighted by atomic mass is 9.68. The molecule has 2 heterocycles. The molecule has 7 heteroatoms. The van der Waals surface area contributed by atoms with Crippen molar-refractivity contribution in [1.29, 1.82) is 0 Å². The fraction of sp³-hybridized carbons (Fsp3) is 0.455. The molecular formula is C22H22F2N4O. The lowest BCUT2D eigenvalue weighted by molar-refractivity contribution is 0.202. The molecule has 0 saturated heterocycles. The summed E-state index contributed by atoms with van der Waals surface area (Å²) >= 11 is 0. The van der Waals surface area contributed by atoms with E-state index in [-0.39, 0.29) is 28.5 Å². The van der Waals surface area contributed by atoms with Crippen LogP contribution in [-0.4, -0.2) is 20.4 Å². The normalized spacial score (nSPS) is 24.3. The molecule has 29 heavy (non-hydrogen) atoms. The number of halogens is 2. The molecule has 0 spiro atoms. The van der Waals surface area contributed by atoms with Crippen molar-refractivity contribution in [2.75, 3.05) is 0 Å². The van der Waals surface area contributed by atoms with Gasteiger partial charge in [0.25, 0.3) is 0 Å². The molecule has 1 fully saturated rings. The smallest absolute Gasteiger partial charge is 0.229 e. The van der Waals surface area contributed by atoms with Crippen LogP contribution in [0.25, 0.3) is 11.3 Å². The number of nitrogens with zero attached hydrogens (tertiary/aromatic N) is 4. The zero-order chi connectivity index (χ0) is 20.6. The van der Waals surface area contributed by atoms with Gasteiger partial charge in [-0.05, 0) is 47.9 Å². The van der Waals surface area contributed by atoms with Gasteiger partial charge in [-0.15, -0.1) is 15.3 Å². The summed E-state index contributed by atoms with van der Waals surface area (Å²) in [5, 5.41) is 17.3. The first-order chi connectivity index (χ1) is 13.8. The Morgan fingerprint density at radius 2 is 1.79 bits per heavy atom. The first-order valence-electron chi connectivity index (χ1n) is 9.93. The van der Waals surface area contributed by atoms with Crippen molar-refractivity contribution < 1.29 is 13.2 Å². The second-order valence-corrected chi connectivity index (χ2v) is 8.95. The fourth-order valence-electron chi connectivity index (χ4n) is 5.30. The van der Waals surface area contributed by atoms with Gasteiger partial charge in [0, 0.05) is 5.92 Å². The predicted octanol–water partition coefficient (Wildman–Crippen LogP) is 5.13. The van der Waals surface area contributed by atoms with E-state index in [1.54, 1.807) is 6.07 Å². The number of benzene rings is 1. The van der Waals surface area contributed by atoms with Gasteiger partial charge in [0.05, 0.1) is 22.4 Å². The zero-order valence-corrected chi connectivity index (χ0v) is 16.8. The second-order valence-electron chi connectivity index (χ2n) is 8.95. The number of hydrogen-bond donors (Lipinski definition) is 0. The summed E-state index contributed by atoms with van der Waals surface area (Å²) < 4.78 is 34.7. The van der Waals surface area contributed by atoms with Crippen molar-refractivity contribution in [3.05, 3.63) is 58.9 Å². The molecule has 0 N–H and O–H groups in total. The molecule has 0 aliphatic heterocycles. The van der Waals surface area contributed by atoms with Crippen molar-refractivity contribution in [2.24, 2.45) is 5.41 Å². The van der Waals surface area contributed by atoms with Gasteiger partial charge in [-0.3, -0.25) is 0 Å². The predicted molar refractivity (Wildman–Crippen MR) is 102 cm³/mol. The maximum atomic E-state index is 14.3. The van der Waals surface area contributed by atoms with Crippen molar-refractivity contribution >= 4 is 0 Å². The van der Waals surface area contributed by atoms with E-state index in [1.165, 1.54) is 18.2 Å². The average molecular weight is 396 g/mol. The average Bonchev–Trinajstić information content (AvgIpc) is 3.30. The van der Waals surface area contributed by atoms with E-state index in [2.05, 4.69) is 34.2 Å². The summed E-state index contributed by atoms with van der Waals surface area (Å²) in [5.74, 6) is 0.179. The van der Waals surface area contributed by atoms with E-state index in [4.69, 9.17) is 4.42 Å². The minimum absolute atomic E-state index is 0.131. The molecule has 2 bridgehead atoms. The second kappa shape index (κ2) is 5.90. The van der Waals surface area contributed by atoms with E-state index in [9.17, 15) is 8.78 Å². The standard InChI is InChI=1S/C22H22F2N4O/c1-11(2)19-27-28-20(29-19)22-9-8-13(21(22,3)4)12-10-16(25-26-18(12)22)17-14(23)6-5-7-15(17)24/h5-7,10-11,13H,8-9H2,1-4H3/t13-,22?/m0/s1. The van der Waals surface area contributed by atoms with Crippen molar-refractivity contribution in [3.63, 3.8) is 0 Å². The largest absolute Gasteiger partial charge is 0.424 e. The Morgan fingerprint density at radius 3 is 2.45 bits per heavy atom. The highest BCUT2D eigenvalue weighted by Gasteiger charge is 2.67. The summed E-state index contributed by atoms with van der Waals surface area (Å²) in [4.78, 5) is 0. The molecule has 2 aliphatic carbocycles. The van der Waals surface area contributed by atoms with E-state index in [1.807, 2.05) is 13.8 Å². The number of aromatic nitrogens is 4. The van der Waals surface area contributed by atoms with Gasteiger partial charge in [0.2, 0.25) is 11.8 Å². The van der Waals surface area contributed by atoms with E-state index in [0.717, 1.165) is 24.1 Å². The van der Waals surface area contributed by atoms with Crippen LogP contribution in [0.1, 0.15) is 75.4 Å². The third-order valence-corrected chi connectivity index (χ3v) is 6.90. The Labute approximate surface area is 167 Å². The lowest BCUT2D eigenvalue weighted by Gasteiger charge is -2.34. The first-order valence-corrected chi connectivity index (χ1v) is 9.93. The van der Waals surface area contributed by atoms with Crippen molar-refractivity contribution in [2.45, 2.75) is 57.8 Å². The quantitative estimate of drug-likeness (QED) is 0.614. The van der Waals surface area contributed by atoms with Gasteiger partial charge < -0.3 is 4.42 Å². The summed E-state index contributed by atoms with van der Waals surface area (Å²) in [7, 11) is 0. The van der Waals surface area contributed by atoms with Crippen LogP contribution in [0, 0.1) is 17.0 Å². The van der Waals surface area contributed by atoms with Crippen LogP contribution in [0.3, 0.4) is 0 Å². The molecule has 5 nitrogen and oxygen atoms in total. The van der Waals surface area contributed by atoms with Gasteiger partial charge in [-0.25, -0.2) is 8.78 Å². The molecule has 2 aliphatic rings. The highest BCUT2D eigenvalue weighted by Crippen LogP contribution is 2.69. The molecule has 3 aromatic rings. The van der Waals surface area contributed by atoms with Crippen molar-refractivity contribution in [3.8, 4) is 11.3 Å². The molecule has 2 atom stereocenters. The maximum absolute atomic E-state index is 14.3. The summed E-state index contributed by atoms with van der Waals surface area (Å²) in [5.41, 5.74) is 1.07. The molecular weight excluding hydrogens is 374 g/mol. The Morgan fingerprint density at radius 1 is 1.07 bits per heavy atom. The fourth-order valence-corrected chi connectivity index (χ4v) is 5.30. The monoisotopic (exact) mass is 396 g/mol. The van der Waals surface area contributed by atoms with Gasteiger partial charge in [0.15, 0.2) is 0 Å². The van der Waals surface area contributed by atoms with Crippen LogP contribution in [-0.2, 0) is 5.41 Å². The SMILES string of the molecule is CC(C)c1nnc(C23CC[C@@H](c4cc(-c5c(F)cccc5F)nnc42)C3(C)C)o1. The minimum atomic E-state index is -0.644. The first kappa shape index (κ1) is 18.3.